The highest BCUT2D eigenvalue weighted by Gasteiger charge is 2.48. The lowest BCUT2D eigenvalue weighted by molar-refractivity contribution is -0.185. The van der Waals surface area contributed by atoms with Gasteiger partial charge in [0, 0.05) is 18.2 Å². The summed E-state index contributed by atoms with van der Waals surface area (Å²) in [7, 11) is 0. The van der Waals surface area contributed by atoms with Gasteiger partial charge in [-0.1, -0.05) is 6.92 Å². The Kier molecular flexibility index (Phi) is 4.34. The molecule has 116 valence electrons. The Hall–Kier alpha value is -1.86. The second kappa shape index (κ2) is 5.87. The van der Waals surface area contributed by atoms with Gasteiger partial charge in [-0.15, -0.1) is 0 Å². The van der Waals surface area contributed by atoms with Crippen molar-refractivity contribution in [3.63, 3.8) is 0 Å². The lowest BCUT2D eigenvalue weighted by Crippen LogP contribution is -2.62. The second-order valence-electron chi connectivity index (χ2n) is 5.35. The summed E-state index contributed by atoms with van der Waals surface area (Å²) < 4.78 is 5.88. The molecule has 1 saturated heterocycles. The normalized spacial score (nSPS) is 32.6. The fourth-order valence-electron chi connectivity index (χ4n) is 2.90. The molecule has 4 atom stereocenters. The maximum Gasteiger partial charge on any atom is 0.404 e. The van der Waals surface area contributed by atoms with Gasteiger partial charge in [-0.05, 0) is 19.4 Å². The molecule has 7 nitrogen and oxygen atoms in total. The Morgan fingerprint density at radius 3 is 2.95 bits per heavy atom. The third-order valence-corrected chi connectivity index (χ3v) is 4.22. The van der Waals surface area contributed by atoms with Crippen molar-refractivity contribution < 1.29 is 19.7 Å². The van der Waals surface area contributed by atoms with Gasteiger partial charge in [0.2, 0.25) is 0 Å². The van der Waals surface area contributed by atoms with E-state index in [9.17, 15) is 9.90 Å². The molecule has 2 rings (SSSR count). The molecule has 1 amide bonds. The molecule has 0 bridgehead atoms. The number of hydrogen-bond donors (Lipinski definition) is 4. The van der Waals surface area contributed by atoms with E-state index in [0.29, 0.717) is 18.5 Å². The van der Waals surface area contributed by atoms with Gasteiger partial charge < -0.3 is 26.0 Å². The minimum absolute atomic E-state index is 0.315. The zero-order valence-electron chi connectivity index (χ0n) is 12.1. The van der Waals surface area contributed by atoms with Crippen LogP contribution in [0.4, 0.5) is 10.5 Å². The Balaban J connectivity index is 2.29. The summed E-state index contributed by atoms with van der Waals surface area (Å²) in [5.41, 5.74) is 5.91. The SMILES string of the molecule is CC[C@@]1(O)[C@@H](NC(=O)O)C[C@@H](c2ccncc2N)O[C@H]1C. The van der Waals surface area contributed by atoms with Crippen molar-refractivity contribution in [1.29, 1.82) is 0 Å². The molecule has 0 aromatic carbocycles. The molecule has 2 heterocycles. The predicted molar refractivity (Wildman–Crippen MR) is 76.7 cm³/mol. The number of ether oxygens (including phenoxy) is 1. The Labute approximate surface area is 123 Å². The third kappa shape index (κ3) is 2.93. The Bertz CT molecular complexity index is 525. The first-order valence-electron chi connectivity index (χ1n) is 6.95. The lowest BCUT2D eigenvalue weighted by Gasteiger charge is -2.47. The first kappa shape index (κ1) is 15.5. The molecule has 0 unspecified atom stereocenters. The molecule has 1 aliphatic rings. The standard InChI is InChI=1S/C14H21N3O4/c1-3-14(20)8(2)21-11(6-12(14)17-13(18)19)9-4-5-16-7-10(9)15/h4-5,7-8,11-12,17,20H,3,6,15H2,1-2H3,(H,18,19)/t8-,11-,12-,14-/m0/s1. The highest BCUT2D eigenvalue weighted by atomic mass is 16.5. The lowest BCUT2D eigenvalue weighted by atomic mass is 9.79. The number of aliphatic hydroxyl groups is 1. The van der Waals surface area contributed by atoms with Crippen molar-refractivity contribution in [2.75, 3.05) is 5.73 Å². The van der Waals surface area contributed by atoms with E-state index in [1.54, 1.807) is 26.1 Å². The molecule has 5 N–H and O–H groups in total. The van der Waals surface area contributed by atoms with E-state index in [1.165, 1.54) is 6.20 Å². The van der Waals surface area contributed by atoms with Crippen LogP contribution < -0.4 is 11.1 Å². The van der Waals surface area contributed by atoms with E-state index in [4.69, 9.17) is 15.6 Å². The van der Waals surface area contributed by atoms with Crippen LogP contribution in [0.25, 0.3) is 0 Å². The number of rotatable bonds is 3. The number of nitrogens with zero attached hydrogens (tertiary/aromatic N) is 1. The van der Waals surface area contributed by atoms with Crippen LogP contribution in [-0.4, -0.2) is 39.0 Å². The zero-order valence-corrected chi connectivity index (χ0v) is 12.1. The van der Waals surface area contributed by atoms with Gasteiger partial charge in [-0.3, -0.25) is 4.98 Å². The van der Waals surface area contributed by atoms with Crippen LogP contribution in [0.15, 0.2) is 18.5 Å². The van der Waals surface area contributed by atoms with Crippen LogP contribution in [0.3, 0.4) is 0 Å². The van der Waals surface area contributed by atoms with Gasteiger partial charge in [0.1, 0.15) is 5.60 Å². The topological polar surface area (TPSA) is 118 Å². The minimum Gasteiger partial charge on any atom is -0.465 e. The van der Waals surface area contributed by atoms with E-state index in [2.05, 4.69) is 10.3 Å². The number of carbonyl (C=O) groups is 1. The van der Waals surface area contributed by atoms with Crippen molar-refractivity contribution in [2.24, 2.45) is 0 Å². The molecule has 21 heavy (non-hydrogen) atoms. The van der Waals surface area contributed by atoms with Crippen LogP contribution in [0, 0.1) is 0 Å². The summed E-state index contributed by atoms with van der Waals surface area (Å²) in [6, 6.07) is 1.13. The molecule has 0 radical (unpaired) electrons. The van der Waals surface area contributed by atoms with Crippen molar-refractivity contribution in [3.05, 3.63) is 24.0 Å². The molecule has 1 aliphatic heterocycles. The minimum atomic E-state index is -1.24. The van der Waals surface area contributed by atoms with Gasteiger partial charge in [0.15, 0.2) is 0 Å². The van der Waals surface area contributed by atoms with Crippen LogP contribution in [0.2, 0.25) is 0 Å². The number of pyridine rings is 1. The summed E-state index contributed by atoms with van der Waals surface area (Å²) >= 11 is 0. The van der Waals surface area contributed by atoms with Gasteiger partial charge >= 0.3 is 6.09 Å². The second-order valence-corrected chi connectivity index (χ2v) is 5.35. The number of nitrogens with two attached hydrogens (primary N) is 1. The maximum absolute atomic E-state index is 11.0. The fraction of sp³-hybridized carbons (Fsp3) is 0.571. The van der Waals surface area contributed by atoms with Crippen molar-refractivity contribution in [1.82, 2.24) is 10.3 Å². The number of carboxylic acid groups (broad SMARTS) is 1. The monoisotopic (exact) mass is 295 g/mol. The van der Waals surface area contributed by atoms with Crippen LogP contribution in [0.5, 0.6) is 0 Å². The average molecular weight is 295 g/mol. The smallest absolute Gasteiger partial charge is 0.404 e. The maximum atomic E-state index is 11.0. The number of hydrogen-bond acceptors (Lipinski definition) is 5. The fourth-order valence-corrected chi connectivity index (χ4v) is 2.90. The average Bonchev–Trinajstić information content (AvgIpc) is 2.43. The van der Waals surface area contributed by atoms with Crippen molar-refractivity contribution in [3.8, 4) is 0 Å². The zero-order chi connectivity index (χ0) is 15.6. The molecule has 7 heteroatoms. The largest absolute Gasteiger partial charge is 0.465 e. The summed E-state index contributed by atoms with van der Waals surface area (Å²) in [5, 5.41) is 22.1. The summed E-state index contributed by atoms with van der Waals surface area (Å²) in [5.74, 6) is 0. The van der Waals surface area contributed by atoms with Gasteiger partial charge in [-0.2, -0.15) is 0 Å². The third-order valence-electron chi connectivity index (χ3n) is 4.22. The van der Waals surface area contributed by atoms with Crippen LogP contribution in [0.1, 0.15) is 38.4 Å². The van der Waals surface area contributed by atoms with E-state index in [0.717, 1.165) is 5.56 Å². The molecule has 0 saturated carbocycles. The van der Waals surface area contributed by atoms with Gasteiger partial charge in [-0.25, -0.2) is 4.79 Å². The molecule has 1 fully saturated rings. The van der Waals surface area contributed by atoms with Crippen LogP contribution >= 0.6 is 0 Å². The number of amides is 1. The molecule has 1 aromatic rings. The van der Waals surface area contributed by atoms with E-state index < -0.39 is 23.8 Å². The van der Waals surface area contributed by atoms with Crippen LogP contribution in [-0.2, 0) is 4.74 Å². The molecular formula is C14H21N3O4. The highest BCUT2D eigenvalue weighted by molar-refractivity contribution is 5.65. The van der Waals surface area contributed by atoms with Gasteiger partial charge in [0.05, 0.1) is 30.1 Å². The first-order valence-corrected chi connectivity index (χ1v) is 6.95. The predicted octanol–water partition coefficient (Wildman–Crippen LogP) is 1.29. The first-order chi connectivity index (χ1) is 9.88. The molecular weight excluding hydrogens is 274 g/mol. The van der Waals surface area contributed by atoms with E-state index >= 15 is 0 Å². The Morgan fingerprint density at radius 1 is 1.67 bits per heavy atom. The highest BCUT2D eigenvalue weighted by Crippen LogP contribution is 2.40. The summed E-state index contributed by atoms with van der Waals surface area (Å²) in [6.45, 7) is 3.54. The van der Waals surface area contributed by atoms with Crippen molar-refractivity contribution in [2.45, 2.75) is 50.5 Å². The Morgan fingerprint density at radius 2 is 2.38 bits per heavy atom. The summed E-state index contributed by atoms with van der Waals surface area (Å²) in [4.78, 5) is 14.9. The van der Waals surface area contributed by atoms with Gasteiger partial charge in [0.25, 0.3) is 0 Å². The number of nitrogen functional groups attached to an aromatic ring is 1. The molecule has 1 aromatic heterocycles. The van der Waals surface area contributed by atoms with E-state index in [1.807, 2.05) is 0 Å². The summed E-state index contributed by atoms with van der Waals surface area (Å²) in [6.07, 6.45) is 1.77. The number of nitrogens with one attached hydrogen (secondary N) is 1. The van der Waals surface area contributed by atoms with Crippen molar-refractivity contribution >= 4 is 11.8 Å². The number of aromatic nitrogens is 1. The number of anilines is 1. The quantitative estimate of drug-likeness (QED) is 0.667. The molecule has 0 spiro atoms. The van der Waals surface area contributed by atoms with E-state index in [-0.39, 0.29) is 6.10 Å². The molecule has 0 aliphatic carbocycles.